The standard InChI is InChI=1S/C22H26ClNO5/c1-13(2)20(14-6-7-17-18(11-14)29-9-5-8-28-17)24-22(25)15-10-16(23)21(27-4)19(12-15)26-3/h6-7,10-13,20H,5,8-9H2,1-4H3,(H,24,25). The van der Waals surface area contributed by atoms with Crippen molar-refractivity contribution in [2.75, 3.05) is 27.4 Å². The number of methoxy groups -OCH3 is 2. The van der Waals surface area contributed by atoms with E-state index in [0.717, 1.165) is 17.7 Å². The average Bonchev–Trinajstić information content (AvgIpc) is 2.95. The van der Waals surface area contributed by atoms with Gasteiger partial charge in [-0.2, -0.15) is 0 Å². The van der Waals surface area contributed by atoms with Gasteiger partial charge in [0.15, 0.2) is 23.0 Å². The minimum absolute atomic E-state index is 0.152. The molecule has 0 aromatic heterocycles. The zero-order chi connectivity index (χ0) is 21.0. The number of benzene rings is 2. The van der Waals surface area contributed by atoms with Crippen molar-refractivity contribution in [2.45, 2.75) is 26.3 Å². The van der Waals surface area contributed by atoms with E-state index < -0.39 is 0 Å². The minimum Gasteiger partial charge on any atom is -0.493 e. The van der Waals surface area contributed by atoms with Gasteiger partial charge in [-0.15, -0.1) is 0 Å². The molecule has 1 atom stereocenters. The van der Waals surface area contributed by atoms with Gasteiger partial charge in [0.25, 0.3) is 5.91 Å². The first-order chi connectivity index (χ1) is 13.9. The Labute approximate surface area is 176 Å². The Morgan fingerprint density at radius 2 is 1.79 bits per heavy atom. The number of rotatable bonds is 6. The van der Waals surface area contributed by atoms with Crippen LogP contribution in [0.5, 0.6) is 23.0 Å². The maximum Gasteiger partial charge on any atom is 0.251 e. The molecule has 0 saturated heterocycles. The van der Waals surface area contributed by atoms with E-state index in [1.165, 1.54) is 14.2 Å². The molecule has 7 heteroatoms. The molecule has 2 aromatic carbocycles. The minimum atomic E-state index is -0.251. The van der Waals surface area contributed by atoms with Crippen LogP contribution in [0.25, 0.3) is 0 Å². The van der Waals surface area contributed by atoms with Crippen LogP contribution in [-0.2, 0) is 0 Å². The molecule has 1 heterocycles. The lowest BCUT2D eigenvalue weighted by atomic mass is 9.95. The number of carbonyl (C=O) groups excluding carboxylic acids is 1. The fourth-order valence-corrected chi connectivity index (χ4v) is 3.57. The first kappa shape index (κ1) is 21.1. The third kappa shape index (κ3) is 4.70. The summed E-state index contributed by atoms with van der Waals surface area (Å²) in [5.74, 6) is 2.13. The quantitative estimate of drug-likeness (QED) is 0.738. The topological polar surface area (TPSA) is 66.0 Å². The van der Waals surface area contributed by atoms with Gasteiger partial charge in [-0.05, 0) is 35.7 Å². The van der Waals surface area contributed by atoms with Crippen molar-refractivity contribution < 1.29 is 23.7 Å². The van der Waals surface area contributed by atoms with Crippen LogP contribution >= 0.6 is 11.6 Å². The van der Waals surface area contributed by atoms with Crippen LogP contribution in [0.2, 0.25) is 5.02 Å². The van der Waals surface area contributed by atoms with Crippen LogP contribution in [0, 0.1) is 5.92 Å². The predicted octanol–water partition coefficient (Wildman–Crippen LogP) is 4.65. The van der Waals surface area contributed by atoms with Crippen molar-refractivity contribution in [2.24, 2.45) is 5.92 Å². The summed E-state index contributed by atoms with van der Waals surface area (Å²) in [6.45, 7) is 5.35. The first-order valence-electron chi connectivity index (χ1n) is 9.56. The number of halogens is 1. The molecule has 1 amide bonds. The van der Waals surface area contributed by atoms with Crippen LogP contribution in [0.4, 0.5) is 0 Å². The van der Waals surface area contributed by atoms with Gasteiger partial charge in [-0.3, -0.25) is 4.79 Å². The van der Waals surface area contributed by atoms with E-state index in [1.807, 2.05) is 18.2 Å². The highest BCUT2D eigenvalue weighted by Gasteiger charge is 2.23. The lowest BCUT2D eigenvalue weighted by molar-refractivity contribution is 0.0925. The van der Waals surface area contributed by atoms with Crippen LogP contribution in [0.3, 0.4) is 0 Å². The van der Waals surface area contributed by atoms with E-state index >= 15 is 0 Å². The Bertz CT molecular complexity index is 884. The van der Waals surface area contributed by atoms with Crippen molar-refractivity contribution >= 4 is 17.5 Å². The van der Waals surface area contributed by atoms with E-state index in [9.17, 15) is 4.79 Å². The smallest absolute Gasteiger partial charge is 0.251 e. The van der Waals surface area contributed by atoms with Crippen LogP contribution in [0.1, 0.15) is 42.2 Å². The molecule has 6 nitrogen and oxygen atoms in total. The van der Waals surface area contributed by atoms with Gasteiger partial charge >= 0.3 is 0 Å². The number of amides is 1. The summed E-state index contributed by atoms with van der Waals surface area (Å²) in [7, 11) is 3.01. The molecule has 0 saturated carbocycles. The maximum atomic E-state index is 13.0. The van der Waals surface area contributed by atoms with Crippen molar-refractivity contribution in [3.63, 3.8) is 0 Å². The van der Waals surface area contributed by atoms with Gasteiger partial charge in [0.1, 0.15) is 0 Å². The molecule has 29 heavy (non-hydrogen) atoms. The Hall–Kier alpha value is -2.60. The number of hydrogen-bond donors (Lipinski definition) is 1. The fraction of sp³-hybridized carbons (Fsp3) is 0.409. The number of ether oxygens (including phenoxy) is 4. The molecular formula is C22H26ClNO5. The molecule has 3 rings (SSSR count). The van der Waals surface area contributed by atoms with Crippen molar-refractivity contribution in [3.8, 4) is 23.0 Å². The van der Waals surface area contributed by atoms with Gasteiger partial charge in [-0.25, -0.2) is 0 Å². The van der Waals surface area contributed by atoms with Gasteiger partial charge < -0.3 is 24.3 Å². The molecule has 0 aliphatic carbocycles. The molecule has 156 valence electrons. The second-order valence-electron chi connectivity index (χ2n) is 7.15. The van der Waals surface area contributed by atoms with E-state index in [4.69, 9.17) is 30.5 Å². The Morgan fingerprint density at radius 1 is 1.07 bits per heavy atom. The molecule has 1 aliphatic heterocycles. The molecular weight excluding hydrogens is 394 g/mol. The first-order valence-corrected chi connectivity index (χ1v) is 9.94. The highest BCUT2D eigenvalue weighted by Crippen LogP contribution is 2.37. The summed E-state index contributed by atoms with van der Waals surface area (Å²) >= 11 is 6.25. The summed E-state index contributed by atoms with van der Waals surface area (Å²) in [6.07, 6.45) is 0.842. The lowest BCUT2D eigenvalue weighted by Gasteiger charge is -2.24. The third-order valence-electron chi connectivity index (χ3n) is 4.78. The summed E-state index contributed by atoms with van der Waals surface area (Å²) in [5.41, 5.74) is 1.34. The van der Waals surface area contributed by atoms with Crippen LogP contribution in [0.15, 0.2) is 30.3 Å². The molecule has 0 radical (unpaired) electrons. The lowest BCUT2D eigenvalue weighted by Crippen LogP contribution is -2.31. The van der Waals surface area contributed by atoms with Crippen LogP contribution < -0.4 is 24.3 Å². The Morgan fingerprint density at radius 3 is 2.45 bits per heavy atom. The van der Waals surface area contributed by atoms with Crippen molar-refractivity contribution in [1.82, 2.24) is 5.32 Å². The highest BCUT2D eigenvalue weighted by atomic mass is 35.5. The van der Waals surface area contributed by atoms with Gasteiger partial charge in [0.05, 0.1) is 38.5 Å². The monoisotopic (exact) mass is 419 g/mol. The molecule has 0 fully saturated rings. The van der Waals surface area contributed by atoms with Gasteiger partial charge in [-0.1, -0.05) is 31.5 Å². The zero-order valence-electron chi connectivity index (χ0n) is 17.1. The maximum absolute atomic E-state index is 13.0. The number of carbonyl (C=O) groups is 1. The molecule has 1 unspecified atom stereocenters. The molecule has 0 bridgehead atoms. The van der Waals surface area contributed by atoms with Gasteiger partial charge in [0.2, 0.25) is 0 Å². The second-order valence-corrected chi connectivity index (χ2v) is 7.55. The van der Waals surface area contributed by atoms with Crippen LogP contribution in [-0.4, -0.2) is 33.3 Å². The summed E-state index contributed by atoms with van der Waals surface area (Å²) in [6, 6.07) is 8.76. The third-order valence-corrected chi connectivity index (χ3v) is 5.06. The highest BCUT2D eigenvalue weighted by molar-refractivity contribution is 6.32. The number of nitrogens with one attached hydrogen (secondary N) is 1. The molecule has 1 aliphatic rings. The van der Waals surface area contributed by atoms with Crippen molar-refractivity contribution in [3.05, 3.63) is 46.5 Å². The number of hydrogen-bond acceptors (Lipinski definition) is 5. The molecule has 1 N–H and O–H groups in total. The number of fused-ring (bicyclic) bond motifs is 1. The van der Waals surface area contributed by atoms with E-state index in [1.54, 1.807) is 12.1 Å². The predicted molar refractivity (Wildman–Crippen MR) is 112 cm³/mol. The normalized spacial score (nSPS) is 14.1. The molecule has 0 spiro atoms. The van der Waals surface area contributed by atoms with E-state index in [-0.39, 0.29) is 17.9 Å². The fourth-order valence-electron chi connectivity index (χ4n) is 3.28. The SMILES string of the molecule is COc1cc(C(=O)NC(c2ccc3c(c2)OCCCO3)C(C)C)cc(Cl)c1OC. The average molecular weight is 420 g/mol. The summed E-state index contributed by atoms with van der Waals surface area (Å²) < 4.78 is 22.0. The Balaban J connectivity index is 1.87. The van der Waals surface area contributed by atoms with E-state index in [2.05, 4.69) is 19.2 Å². The van der Waals surface area contributed by atoms with Gasteiger partial charge in [0, 0.05) is 12.0 Å². The molecule has 2 aromatic rings. The summed E-state index contributed by atoms with van der Waals surface area (Å²) in [4.78, 5) is 13.0. The largest absolute Gasteiger partial charge is 0.493 e. The zero-order valence-corrected chi connectivity index (χ0v) is 17.8. The summed E-state index contributed by atoms with van der Waals surface area (Å²) in [5, 5.41) is 3.41. The Kier molecular flexibility index (Phi) is 6.75. The van der Waals surface area contributed by atoms with E-state index in [0.29, 0.717) is 41.0 Å². The van der Waals surface area contributed by atoms with Crippen molar-refractivity contribution in [1.29, 1.82) is 0 Å². The second kappa shape index (κ2) is 9.27.